The molecule has 0 radical (unpaired) electrons. The molecule has 1 aliphatic rings. The predicted molar refractivity (Wildman–Crippen MR) is 66.4 cm³/mol. The highest BCUT2D eigenvalue weighted by molar-refractivity contribution is 5.76. The van der Waals surface area contributed by atoms with Gasteiger partial charge in [0.05, 0.1) is 0 Å². The number of carbonyl (C=O) groups excluding carboxylic acids is 1. The second kappa shape index (κ2) is 4.84. The molecule has 0 aromatic carbocycles. The molecule has 1 fully saturated rings. The monoisotopic (exact) mass is 233 g/mol. The molecule has 1 saturated heterocycles. The van der Waals surface area contributed by atoms with Crippen molar-refractivity contribution in [1.29, 1.82) is 0 Å². The van der Waals surface area contributed by atoms with Gasteiger partial charge in [-0.2, -0.15) is 0 Å². The van der Waals surface area contributed by atoms with Gasteiger partial charge in [0, 0.05) is 44.0 Å². The Balaban J connectivity index is 2.10. The van der Waals surface area contributed by atoms with Gasteiger partial charge < -0.3 is 10.2 Å². The van der Waals surface area contributed by atoms with Crippen molar-refractivity contribution in [1.82, 2.24) is 15.2 Å². The third kappa shape index (κ3) is 3.27. The summed E-state index contributed by atoms with van der Waals surface area (Å²) in [5.74, 6) is 0.215. The number of amides is 1. The highest BCUT2D eigenvalue weighted by Gasteiger charge is 2.27. The molecule has 1 N–H and O–H groups in total. The van der Waals surface area contributed by atoms with E-state index in [0.717, 1.165) is 18.7 Å². The van der Waals surface area contributed by atoms with Crippen LogP contribution in [-0.4, -0.2) is 34.4 Å². The van der Waals surface area contributed by atoms with Crippen molar-refractivity contribution >= 4 is 5.91 Å². The molecule has 0 bridgehead atoms. The molecule has 4 heteroatoms. The highest BCUT2D eigenvalue weighted by atomic mass is 16.2. The summed E-state index contributed by atoms with van der Waals surface area (Å²) in [5, 5.41) is 3.39. The summed E-state index contributed by atoms with van der Waals surface area (Å²) in [6.07, 6.45) is 4.14. The molecule has 0 spiro atoms. The number of aromatic nitrogens is 1. The highest BCUT2D eigenvalue weighted by Crippen LogP contribution is 2.14. The zero-order valence-corrected chi connectivity index (χ0v) is 10.4. The van der Waals surface area contributed by atoms with Crippen molar-refractivity contribution in [3.05, 3.63) is 30.1 Å². The molecule has 0 atom stereocenters. The van der Waals surface area contributed by atoms with Crippen LogP contribution in [0.4, 0.5) is 0 Å². The molecule has 2 heterocycles. The zero-order chi connectivity index (χ0) is 12.3. The van der Waals surface area contributed by atoms with Gasteiger partial charge in [0.15, 0.2) is 0 Å². The molecule has 0 aliphatic carbocycles. The number of nitrogens with zero attached hydrogens (tertiary/aromatic N) is 2. The maximum Gasteiger partial charge on any atom is 0.224 e. The topological polar surface area (TPSA) is 45.2 Å². The van der Waals surface area contributed by atoms with Gasteiger partial charge in [-0.3, -0.25) is 9.78 Å². The van der Waals surface area contributed by atoms with Crippen LogP contribution >= 0.6 is 0 Å². The van der Waals surface area contributed by atoms with Crippen LogP contribution < -0.4 is 5.32 Å². The maximum atomic E-state index is 12.0. The largest absolute Gasteiger partial charge is 0.336 e. The fraction of sp³-hybridized carbons (Fsp3) is 0.538. The summed E-state index contributed by atoms with van der Waals surface area (Å²) in [5.41, 5.74) is 1.06. The molecule has 1 amide bonds. The van der Waals surface area contributed by atoms with Gasteiger partial charge in [-0.05, 0) is 25.5 Å². The van der Waals surface area contributed by atoms with Crippen LogP contribution in [0.3, 0.4) is 0 Å². The molecule has 17 heavy (non-hydrogen) atoms. The van der Waals surface area contributed by atoms with Crippen molar-refractivity contribution in [3.8, 4) is 0 Å². The van der Waals surface area contributed by atoms with E-state index in [1.807, 2.05) is 23.2 Å². The Morgan fingerprint density at radius 1 is 1.53 bits per heavy atom. The Labute approximate surface area is 102 Å². The molecular formula is C13H19N3O. The maximum absolute atomic E-state index is 12.0. The van der Waals surface area contributed by atoms with Gasteiger partial charge in [0.2, 0.25) is 5.91 Å². The number of rotatable bonds is 2. The van der Waals surface area contributed by atoms with Crippen LogP contribution in [-0.2, 0) is 11.3 Å². The summed E-state index contributed by atoms with van der Waals surface area (Å²) in [4.78, 5) is 18.0. The van der Waals surface area contributed by atoms with E-state index in [4.69, 9.17) is 0 Å². The fourth-order valence-electron chi connectivity index (χ4n) is 2.14. The average Bonchev–Trinajstić information content (AvgIpc) is 2.40. The van der Waals surface area contributed by atoms with E-state index in [0.29, 0.717) is 13.0 Å². The molecule has 1 aromatic rings. The Kier molecular flexibility index (Phi) is 3.43. The molecular weight excluding hydrogens is 214 g/mol. The minimum atomic E-state index is -0.0195. The first-order valence-electron chi connectivity index (χ1n) is 5.98. The van der Waals surface area contributed by atoms with E-state index in [-0.39, 0.29) is 11.4 Å². The third-order valence-electron chi connectivity index (χ3n) is 2.98. The van der Waals surface area contributed by atoms with Gasteiger partial charge >= 0.3 is 0 Å². The minimum Gasteiger partial charge on any atom is -0.336 e. The van der Waals surface area contributed by atoms with E-state index in [9.17, 15) is 4.79 Å². The molecule has 0 unspecified atom stereocenters. The summed E-state index contributed by atoms with van der Waals surface area (Å²) >= 11 is 0. The van der Waals surface area contributed by atoms with Gasteiger partial charge in [0.25, 0.3) is 0 Å². The number of hydrogen-bond acceptors (Lipinski definition) is 3. The van der Waals surface area contributed by atoms with Crippen molar-refractivity contribution < 1.29 is 4.79 Å². The van der Waals surface area contributed by atoms with Crippen LogP contribution in [0.5, 0.6) is 0 Å². The molecule has 4 nitrogen and oxygen atoms in total. The van der Waals surface area contributed by atoms with Crippen molar-refractivity contribution in [2.75, 3.05) is 13.1 Å². The smallest absolute Gasteiger partial charge is 0.224 e. The van der Waals surface area contributed by atoms with Crippen LogP contribution in [0.2, 0.25) is 0 Å². The van der Waals surface area contributed by atoms with Crippen molar-refractivity contribution in [2.45, 2.75) is 32.4 Å². The van der Waals surface area contributed by atoms with Gasteiger partial charge in [-0.25, -0.2) is 0 Å². The van der Waals surface area contributed by atoms with Crippen molar-refractivity contribution in [2.24, 2.45) is 0 Å². The van der Waals surface area contributed by atoms with Crippen LogP contribution in [0.1, 0.15) is 25.8 Å². The lowest BCUT2D eigenvalue weighted by Gasteiger charge is -2.30. The number of pyridine rings is 1. The Morgan fingerprint density at radius 2 is 2.35 bits per heavy atom. The van der Waals surface area contributed by atoms with Crippen molar-refractivity contribution in [3.63, 3.8) is 0 Å². The Morgan fingerprint density at radius 3 is 3.06 bits per heavy atom. The fourth-order valence-corrected chi connectivity index (χ4v) is 2.14. The number of carbonyl (C=O) groups is 1. The van der Waals surface area contributed by atoms with E-state index in [2.05, 4.69) is 24.1 Å². The molecule has 1 aromatic heterocycles. The van der Waals surface area contributed by atoms with Crippen LogP contribution in [0, 0.1) is 0 Å². The lowest BCUT2D eigenvalue weighted by atomic mass is 10.1. The Hall–Kier alpha value is -1.42. The first-order chi connectivity index (χ1) is 8.07. The second-order valence-electron chi connectivity index (χ2n) is 5.17. The van der Waals surface area contributed by atoms with E-state index < -0.39 is 0 Å². The third-order valence-corrected chi connectivity index (χ3v) is 2.98. The quantitative estimate of drug-likeness (QED) is 0.834. The average molecular weight is 233 g/mol. The summed E-state index contributed by atoms with van der Waals surface area (Å²) < 4.78 is 0. The number of nitrogens with one attached hydrogen (secondary N) is 1. The van der Waals surface area contributed by atoms with E-state index in [1.165, 1.54) is 0 Å². The predicted octanol–water partition coefficient (Wildman–Crippen LogP) is 1.18. The van der Waals surface area contributed by atoms with Crippen LogP contribution in [0.15, 0.2) is 24.5 Å². The second-order valence-corrected chi connectivity index (χ2v) is 5.17. The summed E-state index contributed by atoms with van der Waals surface area (Å²) in [7, 11) is 0. The SMILES string of the molecule is CC1(C)CN(Cc2cccnc2)C(=O)CCN1. The standard InChI is InChI=1S/C13H19N3O/c1-13(2)10-16(12(17)5-7-15-13)9-11-4-3-6-14-8-11/h3-4,6,8,15H,5,7,9-10H2,1-2H3. The lowest BCUT2D eigenvalue weighted by Crippen LogP contribution is -2.46. The van der Waals surface area contributed by atoms with Gasteiger partial charge in [0.1, 0.15) is 0 Å². The first kappa shape index (κ1) is 12.0. The first-order valence-corrected chi connectivity index (χ1v) is 5.98. The lowest BCUT2D eigenvalue weighted by molar-refractivity contribution is -0.131. The molecule has 0 saturated carbocycles. The van der Waals surface area contributed by atoms with E-state index >= 15 is 0 Å². The van der Waals surface area contributed by atoms with Gasteiger partial charge in [-0.15, -0.1) is 0 Å². The molecule has 2 rings (SSSR count). The normalized spacial score (nSPS) is 20.1. The number of hydrogen-bond donors (Lipinski definition) is 1. The Bertz CT molecular complexity index is 389. The summed E-state index contributed by atoms with van der Waals surface area (Å²) in [6.45, 7) is 6.40. The van der Waals surface area contributed by atoms with E-state index in [1.54, 1.807) is 6.20 Å². The zero-order valence-electron chi connectivity index (χ0n) is 10.4. The minimum absolute atomic E-state index is 0.0195. The summed E-state index contributed by atoms with van der Waals surface area (Å²) in [6, 6.07) is 3.91. The van der Waals surface area contributed by atoms with Gasteiger partial charge in [-0.1, -0.05) is 6.07 Å². The van der Waals surface area contributed by atoms with Crippen LogP contribution in [0.25, 0.3) is 0 Å². The molecule has 1 aliphatic heterocycles. The molecule has 92 valence electrons.